The van der Waals surface area contributed by atoms with Crippen LogP contribution in [0.3, 0.4) is 0 Å². The smallest absolute Gasteiger partial charge is 0.258 e. The van der Waals surface area contributed by atoms with E-state index in [2.05, 4.69) is 30.2 Å². The quantitative estimate of drug-likeness (QED) is 0.752. The SMILES string of the molecule is Cc1cc(NCc2nc3ccccc3c(=O)[nH]2)nc(N2CCCCC2)n1. The largest absolute Gasteiger partial charge is 0.363 e. The topological polar surface area (TPSA) is 86.8 Å². The first-order valence-electron chi connectivity index (χ1n) is 9.01. The number of piperidine rings is 1. The lowest BCUT2D eigenvalue weighted by atomic mass is 10.1. The lowest BCUT2D eigenvalue weighted by molar-refractivity contribution is 0.568. The molecule has 0 unspecified atom stereocenters. The highest BCUT2D eigenvalue weighted by molar-refractivity contribution is 5.77. The first-order valence-corrected chi connectivity index (χ1v) is 9.01. The van der Waals surface area contributed by atoms with Gasteiger partial charge in [0, 0.05) is 24.8 Å². The predicted octanol–water partition coefficient (Wildman–Crippen LogP) is 2.62. The van der Waals surface area contributed by atoms with Gasteiger partial charge in [-0.1, -0.05) is 12.1 Å². The molecular formula is C19H22N6O. The first-order chi connectivity index (χ1) is 12.7. The second-order valence-corrected chi connectivity index (χ2v) is 6.63. The van der Waals surface area contributed by atoms with E-state index in [1.807, 2.05) is 31.2 Å². The summed E-state index contributed by atoms with van der Waals surface area (Å²) < 4.78 is 0. The van der Waals surface area contributed by atoms with Gasteiger partial charge in [-0.25, -0.2) is 9.97 Å². The number of aryl methyl sites for hydroxylation is 1. The molecule has 0 amide bonds. The minimum absolute atomic E-state index is 0.125. The van der Waals surface area contributed by atoms with E-state index >= 15 is 0 Å². The molecule has 0 bridgehead atoms. The van der Waals surface area contributed by atoms with Gasteiger partial charge >= 0.3 is 0 Å². The van der Waals surface area contributed by atoms with Gasteiger partial charge in [-0.15, -0.1) is 0 Å². The van der Waals surface area contributed by atoms with Crippen LogP contribution in [0.25, 0.3) is 10.9 Å². The van der Waals surface area contributed by atoms with Crippen LogP contribution in [0.15, 0.2) is 35.1 Å². The molecule has 0 radical (unpaired) electrons. The minimum atomic E-state index is -0.125. The van der Waals surface area contributed by atoms with Gasteiger partial charge in [-0.05, 0) is 38.3 Å². The van der Waals surface area contributed by atoms with E-state index in [0.29, 0.717) is 23.3 Å². The molecule has 0 saturated carbocycles. The van der Waals surface area contributed by atoms with Crippen molar-refractivity contribution in [3.63, 3.8) is 0 Å². The number of nitrogens with zero attached hydrogens (tertiary/aromatic N) is 4. The summed E-state index contributed by atoms with van der Waals surface area (Å²) in [6.07, 6.45) is 3.64. The van der Waals surface area contributed by atoms with E-state index in [-0.39, 0.29) is 5.56 Å². The molecule has 1 aromatic carbocycles. The first kappa shape index (κ1) is 16.5. The number of hydrogen-bond donors (Lipinski definition) is 2. The maximum atomic E-state index is 12.2. The lowest BCUT2D eigenvalue weighted by Crippen LogP contribution is -2.31. The van der Waals surface area contributed by atoms with Gasteiger partial charge in [0.15, 0.2) is 0 Å². The average molecular weight is 350 g/mol. The zero-order valence-corrected chi connectivity index (χ0v) is 14.8. The van der Waals surface area contributed by atoms with Gasteiger partial charge in [0.25, 0.3) is 5.56 Å². The summed E-state index contributed by atoms with van der Waals surface area (Å²) in [6.45, 7) is 4.37. The summed E-state index contributed by atoms with van der Waals surface area (Å²) in [4.78, 5) is 31.0. The monoisotopic (exact) mass is 350 g/mol. The molecular weight excluding hydrogens is 328 g/mol. The highest BCUT2D eigenvalue weighted by Gasteiger charge is 2.14. The fourth-order valence-corrected chi connectivity index (χ4v) is 3.27. The number of H-pyrrole nitrogens is 1. The lowest BCUT2D eigenvalue weighted by Gasteiger charge is -2.27. The molecule has 7 heteroatoms. The number of nitrogens with one attached hydrogen (secondary N) is 2. The summed E-state index contributed by atoms with van der Waals surface area (Å²) >= 11 is 0. The van der Waals surface area contributed by atoms with Crippen molar-refractivity contribution in [2.75, 3.05) is 23.3 Å². The van der Waals surface area contributed by atoms with Crippen LogP contribution in [-0.2, 0) is 6.54 Å². The Morgan fingerprint density at radius 1 is 1.12 bits per heavy atom. The number of rotatable bonds is 4. The molecule has 0 atom stereocenters. The molecule has 1 aliphatic rings. The van der Waals surface area contributed by atoms with Crippen molar-refractivity contribution in [2.24, 2.45) is 0 Å². The van der Waals surface area contributed by atoms with Crippen molar-refractivity contribution >= 4 is 22.7 Å². The van der Waals surface area contributed by atoms with Crippen LogP contribution < -0.4 is 15.8 Å². The molecule has 2 N–H and O–H groups in total. The number of hydrogen-bond acceptors (Lipinski definition) is 6. The van der Waals surface area contributed by atoms with Gasteiger partial charge in [0.05, 0.1) is 17.4 Å². The number of fused-ring (bicyclic) bond motifs is 1. The third kappa shape index (κ3) is 3.51. The van der Waals surface area contributed by atoms with E-state index in [0.717, 1.165) is 30.5 Å². The second kappa shape index (κ2) is 7.11. The maximum absolute atomic E-state index is 12.2. The number of benzene rings is 1. The average Bonchev–Trinajstić information content (AvgIpc) is 2.67. The molecule has 0 aliphatic carbocycles. The number of aromatic amines is 1. The Hall–Kier alpha value is -2.96. The van der Waals surface area contributed by atoms with Gasteiger partial charge < -0.3 is 15.2 Å². The number of anilines is 2. The second-order valence-electron chi connectivity index (χ2n) is 6.63. The van der Waals surface area contributed by atoms with Crippen LogP contribution in [0, 0.1) is 6.92 Å². The Morgan fingerprint density at radius 3 is 2.77 bits per heavy atom. The molecule has 1 saturated heterocycles. The normalized spacial score (nSPS) is 14.6. The molecule has 26 heavy (non-hydrogen) atoms. The molecule has 4 rings (SSSR count). The van der Waals surface area contributed by atoms with Crippen LogP contribution in [0.5, 0.6) is 0 Å². The van der Waals surface area contributed by atoms with Crippen molar-refractivity contribution in [1.29, 1.82) is 0 Å². The van der Waals surface area contributed by atoms with Gasteiger partial charge in [-0.3, -0.25) is 4.79 Å². The van der Waals surface area contributed by atoms with Gasteiger partial charge in [-0.2, -0.15) is 4.98 Å². The Morgan fingerprint density at radius 2 is 1.92 bits per heavy atom. The van der Waals surface area contributed by atoms with Crippen molar-refractivity contribution in [3.8, 4) is 0 Å². The van der Waals surface area contributed by atoms with E-state index in [1.54, 1.807) is 6.07 Å². The minimum Gasteiger partial charge on any atom is -0.363 e. The van der Waals surface area contributed by atoms with Crippen molar-refractivity contribution in [2.45, 2.75) is 32.7 Å². The zero-order chi connectivity index (χ0) is 17.9. The van der Waals surface area contributed by atoms with E-state index in [1.165, 1.54) is 19.3 Å². The fourth-order valence-electron chi connectivity index (χ4n) is 3.27. The summed E-state index contributed by atoms with van der Waals surface area (Å²) in [5.41, 5.74) is 1.49. The number of aromatic nitrogens is 4. The molecule has 0 spiro atoms. The van der Waals surface area contributed by atoms with Crippen molar-refractivity contribution in [1.82, 2.24) is 19.9 Å². The summed E-state index contributed by atoms with van der Waals surface area (Å²) in [6, 6.07) is 9.24. The summed E-state index contributed by atoms with van der Waals surface area (Å²) in [5, 5.41) is 3.86. The Balaban J connectivity index is 1.54. The van der Waals surface area contributed by atoms with Crippen LogP contribution in [-0.4, -0.2) is 33.0 Å². The summed E-state index contributed by atoms with van der Waals surface area (Å²) in [7, 11) is 0. The van der Waals surface area contributed by atoms with Crippen molar-refractivity contribution < 1.29 is 0 Å². The molecule has 3 aromatic rings. The predicted molar refractivity (Wildman–Crippen MR) is 103 cm³/mol. The molecule has 1 aliphatic heterocycles. The zero-order valence-electron chi connectivity index (χ0n) is 14.8. The van der Waals surface area contributed by atoms with E-state index < -0.39 is 0 Å². The Labute approximate surface area is 151 Å². The van der Waals surface area contributed by atoms with Crippen LogP contribution >= 0.6 is 0 Å². The van der Waals surface area contributed by atoms with E-state index in [4.69, 9.17) is 0 Å². The van der Waals surface area contributed by atoms with E-state index in [9.17, 15) is 4.79 Å². The standard InChI is InChI=1S/C19H22N6O/c1-13-11-16(24-19(21-13)25-9-5-2-6-10-25)20-12-17-22-15-8-4-3-7-14(15)18(26)23-17/h3-4,7-8,11H,2,5-6,9-10,12H2,1H3,(H,20,21,24)(H,22,23,26). The van der Waals surface area contributed by atoms with Crippen molar-refractivity contribution in [3.05, 3.63) is 52.2 Å². The maximum Gasteiger partial charge on any atom is 0.258 e. The van der Waals surface area contributed by atoms with Crippen LogP contribution in [0.1, 0.15) is 30.8 Å². The highest BCUT2D eigenvalue weighted by Crippen LogP contribution is 2.18. The molecule has 7 nitrogen and oxygen atoms in total. The van der Waals surface area contributed by atoms with Gasteiger partial charge in [0.1, 0.15) is 11.6 Å². The van der Waals surface area contributed by atoms with Crippen LogP contribution in [0.4, 0.5) is 11.8 Å². The third-order valence-corrected chi connectivity index (χ3v) is 4.58. The Kier molecular flexibility index (Phi) is 4.51. The molecule has 2 aromatic heterocycles. The number of para-hydroxylation sites is 1. The highest BCUT2D eigenvalue weighted by atomic mass is 16.1. The van der Waals surface area contributed by atoms with Crippen LogP contribution in [0.2, 0.25) is 0 Å². The Bertz CT molecular complexity index is 977. The molecule has 1 fully saturated rings. The molecule has 3 heterocycles. The molecule has 134 valence electrons. The fraction of sp³-hybridized carbons (Fsp3) is 0.368. The third-order valence-electron chi connectivity index (χ3n) is 4.58. The van der Waals surface area contributed by atoms with Gasteiger partial charge in [0.2, 0.25) is 5.95 Å². The summed E-state index contributed by atoms with van der Waals surface area (Å²) in [5.74, 6) is 2.10.